The Labute approximate surface area is 64.8 Å². The Balaban J connectivity index is 2.05. The van der Waals surface area contributed by atoms with Crippen molar-refractivity contribution in [2.75, 3.05) is 13.2 Å². The van der Waals surface area contributed by atoms with Crippen LogP contribution >= 0.6 is 0 Å². The zero-order chi connectivity index (χ0) is 8.27. The van der Waals surface area contributed by atoms with Gasteiger partial charge in [0.1, 0.15) is 12.7 Å². The van der Waals surface area contributed by atoms with Crippen LogP contribution in [0, 0.1) is 5.92 Å². The Morgan fingerprint density at radius 1 is 1.64 bits per heavy atom. The number of hydrogen-bond donors (Lipinski definition) is 2. The molecule has 1 rings (SSSR count). The van der Waals surface area contributed by atoms with E-state index in [0.717, 1.165) is 12.8 Å². The molecule has 1 aliphatic rings. The Morgan fingerprint density at radius 2 is 2.27 bits per heavy atom. The summed E-state index contributed by atoms with van der Waals surface area (Å²) in [4.78, 5) is 10.8. The lowest BCUT2D eigenvalue weighted by Crippen LogP contribution is -2.22. The van der Waals surface area contributed by atoms with E-state index in [-0.39, 0.29) is 25.1 Å². The van der Waals surface area contributed by atoms with Crippen molar-refractivity contribution < 1.29 is 19.7 Å². The quantitative estimate of drug-likeness (QED) is 0.533. The van der Waals surface area contributed by atoms with Gasteiger partial charge >= 0.3 is 5.97 Å². The van der Waals surface area contributed by atoms with E-state index in [1.165, 1.54) is 0 Å². The van der Waals surface area contributed by atoms with E-state index in [1.807, 2.05) is 0 Å². The van der Waals surface area contributed by atoms with Crippen LogP contribution in [0.3, 0.4) is 0 Å². The first-order chi connectivity index (χ1) is 5.24. The van der Waals surface area contributed by atoms with Gasteiger partial charge in [-0.2, -0.15) is 0 Å². The molecule has 0 aromatic rings. The second-order valence-corrected chi connectivity index (χ2v) is 2.74. The standard InChI is InChI=1S/C7H12O4/c8-3-6(9)4-11-7(10)5-1-2-5/h5-6,8-9H,1-4H2/t6-/m0/s1. The molecule has 1 aliphatic carbocycles. The highest BCUT2D eigenvalue weighted by Gasteiger charge is 2.31. The third kappa shape index (κ3) is 2.86. The third-order valence-electron chi connectivity index (χ3n) is 1.54. The Hall–Kier alpha value is -0.610. The molecule has 0 aliphatic heterocycles. The van der Waals surface area contributed by atoms with E-state index in [0.29, 0.717) is 0 Å². The highest BCUT2D eigenvalue weighted by molar-refractivity contribution is 5.74. The molecule has 0 saturated heterocycles. The first-order valence-electron chi connectivity index (χ1n) is 3.69. The van der Waals surface area contributed by atoms with E-state index in [1.54, 1.807) is 0 Å². The van der Waals surface area contributed by atoms with Gasteiger partial charge in [0.05, 0.1) is 12.5 Å². The summed E-state index contributed by atoms with van der Waals surface area (Å²) in [6.45, 7) is -0.455. The number of aliphatic hydroxyl groups excluding tert-OH is 2. The predicted molar refractivity (Wildman–Crippen MR) is 36.8 cm³/mol. The van der Waals surface area contributed by atoms with Crippen LogP contribution in [0.4, 0.5) is 0 Å². The van der Waals surface area contributed by atoms with Gasteiger partial charge in [0.15, 0.2) is 0 Å². The van der Waals surface area contributed by atoms with E-state index < -0.39 is 6.10 Å². The molecule has 0 amide bonds. The van der Waals surface area contributed by atoms with Crippen molar-refractivity contribution in [2.24, 2.45) is 5.92 Å². The number of carbonyl (C=O) groups is 1. The number of ether oxygens (including phenoxy) is 1. The van der Waals surface area contributed by atoms with Crippen LogP contribution < -0.4 is 0 Å². The molecule has 0 spiro atoms. The summed E-state index contributed by atoms with van der Waals surface area (Å²) >= 11 is 0. The highest BCUT2D eigenvalue weighted by atomic mass is 16.5. The van der Waals surface area contributed by atoms with Crippen molar-refractivity contribution in [2.45, 2.75) is 18.9 Å². The summed E-state index contributed by atoms with van der Waals surface area (Å²) in [5.41, 5.74) is 0. The molecule has 4 heteroatoms. The van der Waals surface area contributed by atoms with Gasteiger partial charge in [0, 0.05) is 0 Å². The van der Waals surface area contributed by atoms with Gasteiger partial charge in [0.25, 0.3) is 0 Å². The number of esters is 1. The lowest BCUT2D eigenvalue weighted by atomic mass is 10.4. The number of carbonyl (C=O) groups excluding carboxylic acids is 1. The monoisotopic (exact) mass is 160 g/mol. The molecule has 64 valence electrons. The highest BCUT2D eigenvalue weighted by Crippen LogP contribution is 2.29. The minimum Gasteiger partial charge on any atom is -0.463 e. The van der Waals surface area contributed by atoms with E-state index in [4.69, 9.17) is 10.2 Å². The first-order valence-corrected chi connectivity index (χ1v) is 3.69. The molecule has 1 atom stereocenters. The fourth-order valence-electron chi connectivity index (χ4n) is 0.668. The van der Waals surface area contributed by atoms with Crippen molar-refractivity contribution in [3.8, 4) is 0 Å². The third-order valence-corrected chi connectivity index (χ3v) is 1.54. The molecule has 0 heterocycles. The summed E-state index contributed by atoms with van der Waals surface area (Å²) in [5.74, 6) is -0.196. The smallest absolute Gasteiger partial charge is 0.309 e. The molecule has 1 saturated carbocycles. The van der Waals surface area contributed by atoms with Gasteiger partial charge in [0.2, 0.25) is 0 Å². The predicted octanol–water partition coefficient (Wildman–Crippen LogP) is -0.707. The zero-order valence-electron chi connectivity index (χ0n) is 6.19. The largest absolute Gasteiger partial charge is 0.463 e. The van der Waals surface area contributed by atoms with E-state index in [9.17, 15) is 4.79 Å². The SMILES string of the molecule is O=C(OC[C@@H](O)CO)C1CC1. The van der Waals surface area contributed by atoms with Gasteiger partial charge in [-0.15, -0.1) is 0 Å². The maximum atomic E-state index is 10.8. The minimum atomic E-state index is -0.933. The molecule has 0 aromatic carbocycles. The van der Waals surface area contributed by atoms with Crippen LogP contribution in [0.5, 0.6) is 0 Å². The van der Waals surface area contributed by atoms with Gasteiger partial charge in [-0.1, -0.05) is 0 Å². The van der Waals surface area contributed by atoms with Crippen LogP contribution in [0.2, 0.25) is 0 Å². The Kier molecular flexibility index (Phi) is 2.84. The first kappa shape index (κ1) is 8.49. The maximum Gasteiger partial charge on any atom is 0.309 e. The lowest BCUT2D eigenvalue weighted by Gasteiger charge is -2.07. The summed E-state index contributed by atoms with van der Waals surface area (Å²) in [6, 6.07) is 0. The zero-order valence-corrected chi connectivity index (χ0v) is 6.19. The van der Waals surface area contributed by atoms with Crippen LogP contribution in [-0.2, 0) is 9.53 Å². The lowest BCUT2D eigenvalue weighted by molar-refractivity contribution is -0.148. The van der Waals surface area contributed by atoms with Gasteiger partial charge < -0.3 is 14.9 Å². The van der Waals surface area contributed by atoms with Crippen LogP contribution in [0.1, 0.15) is 12.8 Å². The molecule has 4 nitrogen and oxygen atoms in total. The number of rotatable bonds is 4. The molecule has 0 aromatic heterocycles. The average molecular weight is 160 g/mol. The van der Waals surface area contributed by atoms with Crippen molar-refractivity contribution in [1.29, 1.82) is 0 Å². The van der Waals surface area contributed by atoms with Crippen molar-refractivity contribution in [3.05, 3.63) is 0 Å². The fraction of sp³-hybridized carbons (Fsp3) is 0.857. The van der Waals surface area contributed by atoms with Crippen LogP contribution in [0.15, 0.2) is 0 Å². The minimum absolute atomic E-state index is 0.0564. The second kappa shape index (κ2) is 3.69. The molecule has 11 heavy (non-hydrogen) atoms. The fourth-order valence-corrected chi connectivity index (χ4v) is 0.668. The molecule has 0 bridgehead atoms. The van der Waals surface area contributed by atoms with Crippen LogP contribution in [-0.4, -0.2) is 35.5 Å². The molecular formula is C7H12O4. The van der Waals surface area contributed by atoms with Gasteiger partial charge in [-0.05, 0) is 12.8 Å². The Morgan fingerprint density at radius 3 is 2.73 bits per heavy atom. The van der Waals surface area contributed by atoms with Gasteiger partial charge in [-0.25, -0.2) is 0 Å². The molecule has 0 unspecified atom stereocenters. The molecule has 0 radical (unpaired) electrons. The van der Waals surface area contributed by atoms with Crippen molar-refractivity contribution in [3.63, 3.8) is 0 Å². The number of aliphatic hydroxyl groups is 2. The molecular weight excluding hydrogens is 148 g/mol. The normalized spacial score (nSPS) is 19.5. The number of hydrogen-bond acceptors (Lipinski definition) is 4. The molecule has 1 fully saturated rings. The van der Waals surface area contributed by atoms with Crippen molar-refractivity contribution >= 4 is 5.97 Å². The van der Waals surface area contributed by atoms with E-state index >= 15 is 0 Å². The Bertz CT molecular complexity index is 141. The van der Waals surface area contributed by atoms with Crippen molar-refractivity contribution in [1.82, 2.24) is 0 Å². The summed E-state index contributed by atoms with van der Waals surface area (Å²) in [5, 5.41) is 17.1. The summed E-state index contributed by atoms with van der Waals surface area (Å²) in [7, 11) is 0. The second-order valence-electron chi connectivity index (χ2n) is 2.74. The van der Waals surface area contributed by atoms with Gasteiger partial charge in [-0.3, -0.25) is 4.79 Å². The van der Waals surface area contributed by atoms with Crippen LogP contribution in [0.25, 0.3) is 0 Å². The average Bonchev–Trinajstić information content (AvgIpc) is 2.81. The summed E-state index contributed by atoms with van der Waals surface area (Å²) < 4.78 is 4.67. The maximum absolute atomic E-state index is 10.8. The van der Waals surface area contributed by atoms with E-state index in [2.05, 4.69) is 4.74 Å². The molecule has 2 N–H and O–H groups in total. The topological polar surface area (TPSA) is 66.8 Å². The summed E-state index contributed by atoms with van der Waals surface area (Å²) in [6.07, 6.45) is 0.861.